The minimum atomic E-state index is -1.22. The fourth-order valence-electron chi connectivity index (χ4n) is 4.00. The predicted molar refractivity (Wildman–Crippen MR) is 133 cm³/mol. The highest BCUT2D eigenvalue weighted by Gasteiger charge is 2.24. The average molecular weight is 532 g/mol. The van der Waals surface area contributed by atoms with E-state index in [0.717, 1.165) is 23.4 Å². The van der Waals surface area contributed by atoms with Crippen molar-refractivity contribution >= 4 is 17.7 Å². The van der Waals surface area contributed by atoms with Gasteiger partial charge in [-0.1, -0.05) is 18.7 Å². The molecule has 1 amide bonds. The molecule has 4 aromatic rings. The number of thioether (sulfide) groups is 1. The molecule has 2 aromatic heterocycles. The summed E-state index contributed by atoms with van der Waals surface area (Å²) in [4.78, 5) is 19.4. The molecule has 0 saturated heterocycles. The fourth-order valence-corrected chi connectivity index (χ4v) is 5.03. The lowest BCUT2D eigenvalue weighted by Crippen LogP contribution is -2.28. The Balaban J connectivity index is 1.65. The van der Waals surface area contributed by atoms with Crippen LogP contribution in [0.25, 0.3) is 5.69 Å². The van der Waals surface area contributed by atoms with Gasteiger partial charge in [0.1, 0.15) is 17.3 Å². The number of hydrogen-bond donors (Lipinski definition) is 0. The number of aromatic nitrogens is 4. The molecule has 0 radical (unpaired) electrons. The summed E-state index contributed by atoms with van der Waals surface area (Å²) in [6.07, 6.45) is 3.14. The Kier molecular flexibility index (Phi) is 7.72. The predicted octanol–water partition coefficient (Wildman–Crippen LogP) is 5.47. The smallest absolute Gasteiger partial charge is 0.272 e. The van der Waals surface area contributed by atoms with Crippen molar-refractivity contribution in [3.05, 3.63) is 94.6 Å². The number of imidazole rings is 1. The van der Waals surface area contributed by atoms with Crippen LogP contribution in [0, 0.1) is 30.2 Å². The second kappa shape index (κ2) is 10.8. The molecule has 11 heteroatoms. The zero-order valence-electron chi connectivity index (χ0n) is 20.7. The third kappa shape index (κ3) is 5.71. The molecule has 2 aromatic carbocycles. The molecule has 0 spiro atoms. The van der Waals surface area contributed by atoms with Crippen LogP contribution in [0.15, 0.2) is 53.9 Å². The Morgan fingerprint density at radius 3 is 2.41 bits per heavy atom. The molecule has 37 heavy (non-hydrogen) atoms. The van der Waals surface area contributed by atoms with Gasteiger partial charge in [-0.3, -0.25) is 14.0 Å². The number of nitrogens with zero attached hydrogens (tertiary/aromatic N) is 5. The van der Waals surface area contributed by atoms with Gasteiger partial charge < -0.3 is 4.90 Å². The molecule has 194 valence electrons. The highest BCUT2D eigenvalue weighted by Crippen LogP contribution is 2.30. The van der Waals surface area contributed by atoms with Gasteiger partial charge in [0.2, 0.25) is 0 Å². The minimum absolute atomic E-state index is 0.111. The topological polar surface area (TPSA) is 56.0 Å². The fraction of sp³-hybridized carbons (Fsp3) is 0.269. The maximum atomic E-state index is 14.2. The van der Waals surface area contributed by atoms with E-state index in [4.69, 9.17) is 0 Å². The monoisotopic (exact) mass is 531 g/mol. The maximum absolute atomic E-state index is 14.2. The number of carbonyl (C=O) groups excluding carboxylic acids is 1. The van der Waals surface area contributed by atoms with Crippen LogP contribution in [0.5, 0.6) is 0 Å². The molecule has 0 aliphatic rings. The number of benzene rings is 2. The molecule has 0 N–H and O–H groups in total. The SMILES string of the molecule is Cc1nn(C)cc1CN(C)C(=O)c1cnc(SC(C)Cc2c(F)ccc(F)c2F)n1-c1ccc(F)cc1. The molecule has 6 nitrogen and oxygen atoms in total. The molecule has 1 atom stereocenters. The van der Waals surface area contributed by atoms with E-state index in [0.29, 0.717) is 17.4 Å². The molecule has 4 rings (SSSR count). The van der Waals surface area contributed by atoms with Crippen LogP contribution in [-0.4, -0.2) is 42.4 Å². The van der Waals surface area contributed by atoms with Gasteiger partial charge in [0.15, 0.2) is 16.8 Å². The molecule has 0 aliphatic heterocycles. The Labute approximate surface area is 215 Å². The summed E-state index contributed by atoms with van der Waals surface area (Å²) in [5.74, 6) is -3.96. The number of halogens is 4. The van der Waals surface area contributed by atoms with Crippen molar-refractivity contribution < 1.29 is 22.4 Å². The van der Waals surface area contributed by atoms with E-state index >= 15 is 0 Å². The zero-order chi connectivity index (χ0) is 26.9. The first-order valence-corrected chi connectivity index (χ1v) is 12.3. The standard InChI is InChI=1S/C26H25F4N5OS/c1-15(11-20-21(28)9-10-22(29)24(20)30)37-26-31-12-23(35(26)19-7-5-18(27)6-8-19)25(36)33(3)13-17-14-34(4)32-16(17)2/h5-10,12,14-15H,11,13H2,1-4H3. The molecule has 0 aliphatic carbocycles. The second-order valence-corrected chi connectivity index (χ2v) is 10.2. The van der Waals surface area contributed by atoms with Gasteiger partial charge in [-0.2, -0.15) is 5.10 Å². The number of amides is 1. The molecule has 2 heterocycles. The quantitative estimate of drug-likeness (QED) is 0.172. The molecular weight excluding hydrogens is 506 g/mol. The lowest BCUT2D eigenvalue weighted by Gasteiger charge is -2.19. The Bertz CT molecular complexity index is 1430. The lowest BCUT2D eigenvalue weighted by molar-refractivity contribution is 0.0776. The van der Waals surface area contributed by atoms with E-state index in [1.807, 2.05) is 13.1 Å². The zero-order valence-corrected chi connectivity index (χ0v) is 21.5. The van der Waals surface area contributed by atoms with Crippen LogP contribution >= 0.6 is 11.8 Å². The summed E-state index contributed by atoms with van der Waals surface area (Å²) in [5.41, 5.74) is 2.05. The minimum Gasteiger partial charge on any atom is -0.336 e. The summed E-state index contributed by atoms with van der Waals surface area (Å²) in [5, 5.41) is 4.23. The molecule has 0 saturated carbocycles. The summed E-state index contributed by atoms with van der Waals surface area (Å²) >= 11 is 1.17. The Morgan fingerprint density at radius 1 is 1.08 bits per heavy atom. The number of aryl methyl sites for hydroxylation is 2. The highest BCUT2D eigenvalue weighted by atomic mass is 32.2. The van der Waals surface area contributed by atoms with Gasteiger partial charge in [0.05, 0.1) is 11.9 Å². The maximum Gasteiger partial charge on any atom is 0.272 e. The number of hydrogen-bond acceptors (Lipinski definition) is 4. The highest BCUT2D eigenvalue weighted by molar-refractivity contribution is 7.99. The van der Waals surface area contributed by atoms with Gasteiger partial charge in [0, 0.05) is 48.9 Å². The van der Waals surface area contributed by atoms with Crippen LogP contribution in [0.2, 0.25) is 0 Å². The first-order valence-electron chi connectivity index (χ1n) is 11.4. The molecular formula is C26H25F4N5OS. The normalized spacial score (nSPS) is 12.1. The van der Waals surface area contributed by atoms with Gasteiger partial charge in [-0.15, -0.1) is 0 Å². The third-order valence-electron chi connectivity index (χ3n) is 5.84. The number of rotatable bonds is 8. The van der Waals surface area contributed by atoms with Crippen molar-refractivity contribution in [3.8, 4) is 5.69 Å². The third-order valence-corrected chi connectivity index (χ3v) is 6.91. The van der Waals surface area contributed by atoms with Crippen molar-refractivity contribution in [2.24, 2.45) is 7.05 Å². The van der Waals surface area contributed by atoms with Crippen LogP contribution in [0.4, 0.5) is 17.6 Å². The van der Waals surface area contributed by atoms with E-state index in [9.17, 15) is 22.4 Å². The molecule has 1 unspecified atom stereocenters. The summed E-state index contributed by atoms with van der Waals surface area (Å²) in [6, 6.07) is 7.19. The van der Waals surface area contributed by atoms with Crippen LogP contribution in [0.3, 0.4) is 0 Å². The van der Waals surface area contributed by atoms with E-state index in [1.54, 1.807) is 30.3 Å². The van der Waals surface area contributed by atoms with Gasteiger partial charge in [-0.25, -0.2) is 22.5 Å². The van der Waals surface area contributed by atoms with Crippen molar-refractivity contribution in [2.45, 2.75) is 37.2 Å². The van der Waals surface area contributed by atoms with Crippen molar-refractivity contribution in [1.29, 1.82) is 0 Å². The van der Waals surface area contributed by atoms with Gasteiger partial charge in [-0.05, 0) is 49.7 Å². The summed E-state index contributed by atoms with van der Waals surface area (Å²) < 4.78 is 59.0. The summed E-state index contributed by atoms with van der Waals surface area (Å²) in [7, 11) is 3.45. The Morgan fingerprint density at radius 2 is 1.76 bits per heavy atom. The largest absolute Gasteiger partial charge is 0.336 e. The van der Waals surface area contributed by atoms with E-state index in [1.165, 1.54) is 47.1 Å². The average Bonchev–Trinajstić information content (AvgIpc) is 3.41. The first kappa shape index (κ1) is 26.5. The van der Waals surface area contributed by atoms with E-state index < -0.39 is 28.5 Å². The van der Waals surface area contributed by atoms with Gasteiger partial charge in [0.25, 0.3) is 5.91 Å². The summed E-state index contributed by atoms with van der Waals surface area (Å²) in [6.45, 7) is 3.89. The lowest BCUT2D eigenvalue weighted by atomic mass is 10.1. The van der Waals surface area contributed by atoms with E-state index in [-0.39, 0.29) is 23.6 Å². The number of carbonyl (C=O) groups is 1. The van der Waals surface area contributed by atoms with Crippen molar-refractivity contribution in [1.82, 2.24) is 24.2 Å². The van der Waals surface area contributed by atoms with Crippen LogP contribution in [-0.2, 0) is 20.0 Å². The van der Waals surface area contributed by atoms with Gasteiger partial charge >= 0.3 is 0 Å². The second-order valence-electron chi connectivity index (χ2n) is 8.77. The molecule has 0 fully saturated rings. The van der Waals surface area contributed by atoms with E-state index in [2.05, 4.69) is 10.1 Å². The van der Waals surface area contributed by atoms with Crippen molar-refractivity contribution in [2.75, 3.05) is 7.05 Å². The first-order chi connectivity index (χ1) is 17.5. The van der Waals surface area contributed by atoms with Crippen LogP contribution in [0.1, 0.15) is 34.2 Å². The van der Waals surface area contributed by atoms with Crippen LogP contribution < -0.4 is 0 Å². The molecule has 0 bridgehead atoms. The van der Waals surface area contributed by atoms with Crippen molar-refractivity contribution in [3.63, 3.8) is 0 Å². The Hall–Kier alpha value is -3.60.